The van der Waals surface area contributed by atoms with Crippen molar-refractivity contribution in [3.63, 3.8) is 0 Å². The molecular weight excluding hydrogens is 242 g/mol. The number of nitrogens with one attached hydrogen (secondary N) is 2. The third kappa shape index (κ3) is 5.00. The molecule has 3 atom stereocenters. The number of aliphatic carboxylic acids is 1. The molecule has 0 rings (SSSR count). The van der Waals surface area contributed by atoms with Gasteiger partial charge in [-0.05, 0) is 5.92 Å². The number of hydrogen-bond acceptors (Lipinski definition) is 4. The number of amides is 3. The van der Waals surface area contributed by atoms with Gasteiger partial charge in [0.2, 0.25) is 5.91 Å². The Morgan fingerprint density at radius 2 is 1.83 bits per heavy atom. The van der Waals surface area contributed by atoms with E-state index in [-0.39, 0.29) is 5.92 Å². The maximum Gasteiger partial charge on any atom is 0.328 e. The van der Waals surface area contributed by atoms with E-state index in [1.807, 2.05) is 6.92 Å². The fourth-order valence-corrected chi connectivity index (χ4v) is 1.30. The summed E-state index contributed by atoms with van der Waals surface area (Å²) < 4.78 is 0. The molecule has 0 saturated carbocycles. The second kappa shape index (κ2) is 7.49. The van der Waals surface area contributed by atoms with Gasteiger partial charge in [-0.15, -0.1) is 0 Å². The van der Waals surface area contributed by atoms with Gasteiger partial charge in [0, 0.05) is 0 Å². The third-order valence-electron chi connectivity index (χ3n) is 2.59. The highest BCUT2D eigenvalue weighted by Gasteiger charge is 2.28. The molecule has 0 aromatic heterocycles. The molecule has 0 saturated heterocycles. The molecule has 0 bridgehead atoms. The number of nitrogens with two attached hydrogens (primary N) is 1. The van der Waals surface area contributed by atoms with Gasteiger partial charge < -0.3 is 26.6 Å². The van der Waals surface area contributed by atoms with Crippen molar-refractivity contribution in [1.29, 1.82) is 0 Å². The molecule has 0 aromatic rings. The topological polar surface area (TPSA) is 142 Å². The number of carbonyl (C=O) groups is 3. The Labute approximate surface area is 105 Å². The number of primary amides is 1. The van der Waals surface area contributed by atoms with Crippen LogP contribution in [0.2, 0.25) is 0 Å². The molecule has 0 aliphatic rings. The third-order valence-corrected chi connectivity index (χ3v) is 2.59. The average molecular weight is 261 g/mol. The summed E-state index contributed by atoms with van der Waals surface area (Å²) in [7, 11) is 0. The van der Waals surface area contributed by atoms with Crippen molar-refractivity contribution in [2.24, 2.45) is 11.7 Å². The zero-order chi connectivity index (χ0) is 14.3. The minimum atomic E-state index is -1.40. The summed E-state index contributed by atoms with van der Waals surface area (Å²) >= 11 is 0. The Bertz CT molecular complexity index is 321. The summed E-state index contributed by atoms with van der Waals surface area (Å²) in [5.74, 6) is -2.26. The first kappa shape index (κ1) is 16.2. The fourth-order valence-electron chi connectivity index (χ4n) is 1.30. The molecule has 104 valence electrons. The largest absolute Gasteiger partial charge is 0.480 e. The van der Waals surface area contributed by atoms with Gasteiger partial charge in [-0.3, -0.25) is 4.79 Å². The lowest BCUT2D eigenvalue weighted by Crippen LogP contribution is -2.55. The number of carboxylic acids is 1. The van der Waals surface area contributed by atoms with E-state index in [1.54, 1.807) is 6.92 Å². The zero-order valence-corrected chi connectivity index (χ0v) is 10.3. The van der Waals surface area contributed by atoms with Gasteiger partial charge in [-0.25, -0.2) is 9.59 Å². The predicted molar refractivity (Wildman–Crippen MR) is 62.6 cm³/mol. The van der Waals surface area contributed by atoms with E-state index in [4.69, 9.17) is 15.9 Å². The Morgan fingerprint density at radius 3 is 2.17 bits per heavy atom. The van der Waals surface area contributed by atoms with Crippen LogP contribution >= 0.6 is 0 Å². The number of aliphatic hydroxyl groups is 1. The van der Waals surface area contributed by atoms with E-state index in [0.717, 1.165) is 0 Å². The van der Waals surface area contributed by atoms with Gasteiger partial charge in [0.25, 0.3) is 0 Å². The highest BCUT2D eigenvalue weighted by atomic mass is 16.4. The summed E-state index contributed by atoms with van der Waals surface area (Å²) in [6.45, 7) is 2.80. The van der Waals surface area contributed by atoms with Crippen molar-refractivity contribution in [1.82, 2.24) is 10.6 Å². The van der Waals surface area contributed by atoms with Gasteiger partial charge in [-0.1, -0.05) is 20.3 Å². The first-order chi connectivity index (χ1) is 8.33. The van der Waals surface area contributed by atoms with E-state index in [2.05, 4.69) is 10.6 Å². The lowest BCUT2D eigenvalue weighted by atomic mass is 9.98. The van der Waals surface area contributed by atoms with Gasteiger partial charge in [-0.2, -0.15) is 0 Å². The van der Waals surface area contributed by atoms with Crippen molar-refractivity contribution in [2.45, 2.75) is 32.4 Å². The Kier molecular flexibility index (Phi) is 6.73. The molecular formula is C10H19N3O5. The van der Waals surface area contributed by atoms with Crippen molar-refractivity contribution in [2.75, 3.05) is 6.61 Å². The van der Waals surface area contributed by atoms with Gasteiger partial charge >= 0.3 is 12.0 Å². The van der Waals surface area contributed by atoms with Gasteiger partial charge in [0.15, 0.2) is 0 Å². The molecule has 0 aliphatic carbocycles. The van der Waals surface area contributed by atoms with Gasteiger partial charge in [0.1, 0.15) is 12.1 Å². The summed E-state index contributed by atoms with van der Waals surface area (Å²) in [4.78, 5) is 33.2. The van der Waals surface area contributed by atoms with E-state index in [1.165, 1.54) is 0 Å². The van der Waals surface area contributed by atoms with Crippen molar-refractivity contribution in [3.8, 4) is 0 Å². The van der Waals surface area contributed by atoms with Crippen molar-refractivity contribution in [3.05, 3.63) is 0 Å². The van der Waals surface area contributed by atoms with Crippen LogP contribution in [-0.4, -0.2) is 46.8 Å². The molecule has 3 unspecified atom stereocenters. The van der Waals surface area contributed by atoms with Crippen LogP contribution in [0.15, 0.2) is 0 Å². The maximum absolute atomic E-state index is 11.8. The molecule has 8 heteroatoms. The van der Waals surface area contributed by atoms with E-state index >= 15 is 0 Å². The molecule has 0 radical (unpaired) electrons. The highest BCUT2D eigenvalue weighted by Crippen LogP contribution is 2.08. The molecule has 8 nitrogen and oxygen atoms in total. The van der Waals surface area contributed by atoms with Crippen LogP contribution in [0.25, 0.3) is 0 Å². The van der Waals surface area contributed by atoms with Crippen LogP contribution in [0, 0.1) is 5.92 Å². The lowest BCUT2D eigenvalue weighted by Gasteiger charge is -2.24. The van der Waals surface area contributed by atoms with E-state index in [9.17, 15) is 14.4 Å². The summed E-state index contributed by atoms with van der Waals surface area (Å²) in [5, 5.41) is 21.9. The van der Waals surface area contributed by atoms with Crippen LogP contribution in [0.3, 0.4) is 0 Å². The quantitative estimate of drug-likeness (QED) is 0.384. The highest BCUT2D eigenvalue weighted by molar-refractivity contribution is 5.90. The SMILES string of the molecule is CCC(C)C(NC(N)=O)C(=O)NC(CO)C(=O)O. The minimum absolute atomic E-state index is 0.217. The number of carbonyl (C=O) groups excluding carboxylic acids is 2. The summed E-state index contributed by atoms with van der Waals surface area (Å²) in [6.07, 6.45) is 0.592. The average Bonchev–Trinajstić information content (AvgIpc) is 2.30. The van der Waals surface area contributed by atoms with Crippen molar-refractivity contribution >= 4 is 17.9 Å². The smallest absolute Gasteiger partial charge is 0.328 e. The monoisotopic (exact) mass is 261 g/mol. The molecule has 3 amide bonds. The predicted octanol–water partition coefficient (Wildman–Crippen LogP) is -1.37. The molecule has 0 spiro atoms. The molecule has 0 aromatic carbocycles. The maximum atomic E-state index is 11.8. The standard InChI is InChI=1S/C10H19N3O5/c1-3-5(2)7(13-10(11)18)8(15)12-6(4-14)9(16)17/h5-7,14H,3-4H2,1-2H3,(H,12,15)(H,16,17)(H3,11,13,18). The molecule has 6 N–H and O–H groups in total. The summed E-state index contributed by atoms with van der Waals surface area (Å²) in [5.41, 5.74) is 4.95. The van der Waals surface area contributed by atoms with Crippen molar-refractivity contribution < 1.29 is 24.6 Å². The van der Waals surface area contributed by atoms with Gasteiger partial charge in [0.05, 0.1) is 6.61 Å². The normalized spacial score (nSPS) is 15.3. The Morgan fingerprint density at radius 1 is 1.28 bits per heavy atom. The molecule has 0 heterocycles. The number of aliphatic hydroxyl groups excluding tert-OH is 1. The van der Waals surface area contributed by atoms with Crippen LogP contribution in [0.5, 0.6) is 0 Å². The molecule has 0 fully saturated rings. The van der Waals surface area contributed by atoms with E-state index < -0.39 is 36.6 Å². The van der Waals surface area contributed by atoms with E-state index in [0.29, 0.717) is 6.42 Å². The van der Waals surface area contributed by atoms with Crippen LogP contribution in [0.4, 0.5) is 4.79 Å². The number of urea groups is 1. The fraction of sp³-hybridized carbons (Fsp3) is 0.700. The van der Waals surface area contributed by atoms with Crippen LogP contribution in [0.1, 0.15) is 20.3 Å². The van der Waals surface area contributed by atoms with Crippen LogP contribution < -0.4 is 16.4 Å². The zero-order valence-electron chi connectivity index (χ0n) is 10.3. The first-order valence-corrected chi connectivity index (χ1v) is 5.53. The second-order valence-corrected chi connectivity index (χ2v) is 3.95. The molecule has 18 heavy (non-hydrogen) atoms. The summed E-state index contributed by atoms with van der Waals surface area (Å²) in [6, 6.07) is -3.20. The lowest BCUT2D eigenvalue weighted by molar-refractivity contribution is -0.143. The Hall–Kier alpha value is -1.83. The number of hydrogen-bond donors (Lipinski definition) is 5. The number of rotatable bonds is 7. The second-order valence-electron chi connectivity index (χ2n) is 3.95. The Balaban J connectivity index is 4.74. The first-order valence-electron chi connectivity index (χ1n) is 5.53. The minimum Gasteiger partial charge on any atom is -0.480 e. The molecule has 0 aliphatic heterocycles. The number of carboxylic acid groups (broad SMARTS) is 1. The van der Waals surface area contributed by atoms with Crippen LogP contribution in [-0.2, 0) is 9.59 Å².